The maximum absolute atomic E-state index is 12.2. The largest absolute Gasteiger partial charge is 0.412 e. The van der Waals surface area contributed by atoms with Crippen LogP contribution in [0.2, 0.25) is 0 Å². The monoisotopic (exact) mass is 281 g/mol. The number of nitrogens with one attached hydrogen (secondary N) is 1. The molecule has 1 N–H and O–H groups in total. The summed E-state index contributed by atoms with van der Waals surface area (Å²) in [7, 11) is 0. The summed E-state index contributed by atoms with van der Waals surface area (Å²) in [4.78, 5) is 23.6. The number of benzene rings is 2. The normalized spacial score (nSPS) is 9.71. The van der Waals surface area contributed by atoms with Gasteiger partial charge in [-0.3, -0.25) is 4.79 Å². The van der Waals surface area contributed by atoms with E-state index in [4.69, 9.17) is 4.74 Å². The van der Waals surface area contributed by atoms with Crippen LogP contribution in [0.5, 0.6) is 5.75 Å². The zero-order valence-electron chi connectivity index (χ0n) is 11.4. The van der Waals surface area contributed by atoms with E-state index in [1.165, 1.54) is 0 Å². The maximum atomic E-state index is 12.2. The Morgan fingerprint density at radius 2 is 1.62 bits per heavy atom. The molecule has 2 rings (SSSR count). The molecule has 0 aliphatic carbocycles. The van der Waals surface area contributed by atoms with Crippen molar-refractivity contribution >= 4 is 11.9 Å². The van der Waals surface area contributed by atoms with Crippen LogP contribution >= 0.6 is 0 Å². The van der Waals surface area contributed by atoms with Crippen molar-refractivity contribution in [1.29, 1.82) is 0 Å². The number of ether oxygens (including phenoxy) is 1. The second-order valence-electron chi connectivity index (χ2n) is 4.28. The second kappa shape index (κ2) is 7.05. The number of amides is 1. The van der Waals surface area contributed by atoms with Crippen LogP contribution in [-0.4, -0.2) is 18.4 Å². The smallest absolute Gasteiger partial charge is 0.410 e. The van der Waals surface area contributed by atoms with E-state index in [0.29, 0.717) is 23.4 Å². The lowest BCUT2D eigenvalue weighted by molar-refractivity contribution is 0.103. The van der Waals surface area contributed by atoms with E-state index in [2.05, 4.69) is 11.9 Å². The Hall–Kier alpha value is -2.88. The fourth-order valence-electron chi connectivity index (χ4n) is 1.73. The molecule has 106 valence electrons. The number of hydrogen-bond donors (Lipinski definition) is 1. The van der Waals surface area contributed by atoms with Crippen molar-refractivity contribution in [2.45, 2.75) is 0 Å². The fraction of sp³-hybridized carbons (Fsp3) is 0.0588. The Labute approximate surface area is 123 Å². The molecule has 0 saturated carbocycles. The predicted molar refractivity (Wildman–Crippen MR) is 80.5 cm³/mol. The van der Waals surface area contributed by atoms with Crippen molar-refractivity contribution in [2.75, 3.05) is 6.54 Å². The lowest BCUT2D eigenvalue weighted by Crippen LogP contribution is -2.26. The lowest BCUT2D eigenvalue weighted by atomic mass is 10.0. The molecule has 2 aromatic rings. The van der Waals surface area contributed by atoms with Gasteiger partial charge >= 0.3 is 6.09 Å². The SMILES string of the molecule is C=CCNC(=O)Oc1ccc(C(=O)c2ccccc2)cc1. The number of rotatable bonds is 5. The maximum Gasteiger partial charge on any atom is 0.412 e. The van der Waals surface area contributed by atoms with Gasteiger partial charge in [-0.15, -0.1) is 6.58 Å². The Morgan fingerprint density at radius 1 is 1.00 bits per heavy atom. The Balaban J connectivity index is 2.04. The molecule has 4 heteroatoms. The van der Waals surface area contributed by atoms with Crippen LogP contribution in [0.1, 0.15) is 15.9 Å². The minimum absolute atomic E-state index is 0.0711. The Kier molecular flexibility index (Phi) is 4.88. The quantitative estimate of drug-likeness (QED) is 0.676. The van der Waals surface area contributed by atoms with E-state index >= 15 is 0 Å². The van der Waals surface area contributed by atoms with Gasteiger partial charge in [-0.05, 0) is 24.3 Å². The van der Waals surface area contributed by atoms with E-state index in [9.17, 15) is 9.59 Å². The molecule has 21 heavy (non-hydrogen) atoms. The molecule has 1 amide bonds. The van der Waals surface area contributed by atoms with Crippen LogP contribution in [0.15, 0.2) is 67.3 Å². The first-order chi connectivity index (χ1) is 10.2. The van der Waals surface area contributed by atoms with Crippen molar-refractivity contribution in [1.82, 2.24) is 5.32 Å². The highest BCUT2D eigenvalue weighted by molar-refractivity contribution is 6.09. The van der Waals surface area contributed by atoms with Gasteiger partial charge in [-0.2, -0.15) is 0 Å². The van der Waals surface area contributed by atoms with E-state index in [1.807, 2.05) is 18.2 Å². The number of ketones is 1. The first kappa shape index (κ1) is 14.5. The predicted octanol–water partition coefficient (Wildman–Crippen LogP) is 3.19. The summed E-state index contributed by atoms with van der Waals surface area (Å²) >= 11 is 0. The minimum atomic E-state index is -0.558. The molecular weight excluding hydrogens is 266 g/mol. The third kappa shape index (κ3) is 4.04. The standard InChI is InChI=1S/C17H15NO3/c1-2-12-18-17(20)21-15-10-8-14(9-11-15)16(19)13-6-4-3-5-7-13/h2-11H,1,12H2,(H,18,20). The molecular formula is C17H15NO3. The average molecular weight is 281 g/mol. The van der Waals surface area contributed by atoms with Crippen molar-refractivity contribution in [3.05, 3.63) is 78.4 Å². The van der Waals surface area contributed by atoms with Gasteiger partial charge in [0.15, 0.2) is 5.78 Å². The van der Waals surface area contributed by atoms with Crippen LogP contribution in [0.3, 0.4) is 0 Å². The molecule has 0 fully saturated rings. The summed E-state index contributed by atoms with van der Waals surface area (Å²) in [5.41, 5.74) is 1.16. The van der Waals surface area contributed by atoms with Crippen LogP contribution in [0.4, 0.5) is 4.79 Å². The van der Waals surface area contributed by atoms with E-state index in [0.717, 1.165) is 0 Å². The summed E-state index contributed by atoms with van der Waals surface area (Å²) in [5.74, 6) is 0.305. The first-order valence-corrected chi connectivity index (χ1v) is 6.47. The number of hydrogen-bond acceptors (Lipinski definition) is 3. The highest BCUT2D eigenvalue weighted by atomic mass is 16.5. The van der Waals surface area contributed by atoms with Gasteiger partial charge in [0.25, 0.3) is 0 Å². The van der Waals surface area contributed by atoms with Gasteiger partial charge < -0.3 is 10.1 Å². The topological polar surface area (TPSA) is 55.4 Å². The molecule has 0 aliphatic rings. The third-order valence-corrected chi connectivity index (χ3v) is 2.75. The van der Waals surface area contributed by atoms with Gasteiger partial charge in [0.1, 0.15) is 5.75 Å². The summed E-state index contributed by atoms with van der Waals surface area (Å²) in [6, 6.07) is 15.4. The molecule has 2 aromatic carbocycles. The van der Waals surface area contributed by atoms with Gasteiger partial charge in [0.2, 0.25) is 0 Å². The van der Waals surface area contributed by atoms with E-state index in [1.54, 1.807) is 42.5 Å². The van der Waals surface area contributed by atoms with Crippen molar-refractivity contribution < 1.29 is 14.3 Å². The van der Waals surface area contributed by atoms with Gasteiger partial charge in [0, 0.05) is 17.7 Å². The summed E-state index contributed by atoms with van der Waals surface area (Å²) in [5, 5.41) is 2.50. The zero-order valence-corrected chi connectivity index (χ0v) is 11.4. The van der Waals surface area contributed by atoms with Gasteiger partial charge in [-0.25, -0.2) is 4.79 Å². The van der Waals surface area contributed by atoms with Crippen LogP contribution < -0.4 is 10.1 Å². The zero-order chi connectivity index (χ0) is 15.1. The molecule has 0 heterocycles. The highest BCUT2D eigenvalue weighted by Crippen LogP contribution is 2.15. The minimum Gasteiger partial charge on any atom is -0.410 e. The van der Waals surface area contributed by atoms with Crippen LogP contribution in [-0.2, 0) is 0 Å². The first-order valence-electron chi connectivity index (χ1n) is 6.47. The highest BCUT2D eigenvalue weighted by Gasteiger charge is 2.09. The Bertz CT molecular complexity index is 633. The van der Waals surface area contributed by atoms with Crippen molar-refractivity contribution in [2.24, 2.45) is 0 Å². The molecule has 0 unspecified atom stereocenters. The van der Waals surface area contributed by atoms with Crippen molar-refractivity contribution in [3.63, 3.8) is 0 Å². The molecule has 0 saturated heterocycles. The molecule has 0 aromatic heterocycles. The number of carbonyl (C=O) groups is 2. The van der Waals surface area contributed by atoms with E-state index in [-0.39, 0.29) is 5.78 Å². The third-order valence-electron chi connectivity index (χ3n) is 2.75. The fourth-order valence-corrected chi connectivity index (χ4v) is 1.73. The lowest BCUT2D eigenvalue weighted by Gasteiger charge is -2.06. The molecule has 0 bridgehead atoms. The van der Waals surface area contributed by atoms with E-state index < -0.39 is 6.09 Å². The molecule has 0 radical (unpaired) electrons. The van der Waals surface area contributed by atoms with Gasteiger partial charge in [-0.1, -0.05) is 36.4 Å². The van der Waals surface area contributed by atoms with Gasteiger partial charge in [0.05, 0.1) is 0 Å². The summed E-state index contributed by atoms with van der Waals surface area (Å²) in [6.45, 7) is 3.83. The van der Waals surface area contributed by atoms with Crippen LogP contribution in [0.25, 0.3) is 0 Å². The molecule has 0 spiro atoms. The van der Waals surface area contributed by atoms with Crippen LogP contribution in [0, 0.1) is 0 Å². The average Bonchev–Trinajstić information content (AvgIpc) is 2.54. The summed E-state index contributed by atoms with van der Waals surface area (Å²) in [6.07, 6.45) is 1.00. The van der Waals surface area contributed by atoms with Crippen molar-refractivity contribution in [3.8, 4) is 5.75 Å². The number of carbonyl (C=O) groups excluding carboxylic acids is 2. The molecule has 0 atom stereocenters. The molecule has 0 aliphatic heterocycles. The second-order valence-corrected chi connectivity index (χ2v) is 4.28. The Morgan fingerprint density at radius 3 is 2.24 bits per heavy atom. The summed E-state index contributed by atoms with van der Waals surface area (Å²) < 4.78 is 5.05. The molecule has 4 nitrogen and oxygen atoms in total.